The molecule has 2 heterocycles. The van der Waals surface area contributed by atoms with Crippen LogP contribution >= 0.6 is 0 Å². The number of carbonyl (C=O) groups is 2. The molecule has 8 heteroatoms. The normalized spacial score (nSPS) is 10.7. The minimum atomic E-state index is -1.02. The van der Waals surface area contributed by atoms with E-state index in [1.165, 1.54) is 30.7 Å². The molecular formula is C19H12N4O4. The minimum absolute atomic E-state index is 0.153. The van der Waals surface area contributed by atoms with Crippen LogP contribution in [0.3, 0.4) is 0 Å². The van der Waals surface area contributed by atoms with Crippen molar-refractivity contribution in [2.45, 2.75) is 0 Å². The van der Waals surface area contributed by atoms with E-state index in [1.54, 1.807) is 30.3 Å². The monoisotopic (exact) mass is 360 g/mol. The van der Waals surface area contributed by atoms with Gasteiger partial charge in [-0.2, -0.15) is 0 Å². The predicted octanol–water partition coefficient (Wildman–Crippen LogP) is 3.24. The summed E-state index contributed by atoms with van der Waals surface area (Å²) in [6.45, 7) is 0. The Balaban J connectivity index is 1.61. The number of nitrogens with zero attached hydrogens (tertiary/aromatic N) is 3. The van der Waals surface area contributed by atoms with Crippen LogP contribution in [-0.2, 0) is 0 Å². The molecule has 4 rings (SSSR count). The Morgan fingerprint density at radius 3 is 2.56 bits per heavy atom. The number of aromatic carboxylic acids is 1. The van der Waals surface area contributed by atoms with E-state index < -0.39 is 5.97 Å². The largest absolute Gasteiger partial charge is 0.478 e. The molecule has 2 aromatic heterocycles. The molecule has 2 N–H and O–H groups in total. The number of amides is 1. The van der Waals surface area contributed by atoms with Crippen molar-refractivity contribution in [3.8, 4) is 11.3 Å². The molecule has 0 aliphatic rings. The van der Waals surface area contributed by atoms with E-state index in [4.69, 9.17) is 9.63 Å². The van der Waals surface area contributed by atoms with Gasteiger partial charge in [-0.3, -0.25) is 4.79 Å². The molecule has 27 heavy (non-hydrogen) atoms. The van der Waals surface area contributed by atoms with Gasteiger partial charge in [-0.05, 0) is 48.5 Å². The molecule has 0 radical (unpaired) electrons. The zero-order chi connectivity index (χ0) is 18.8. The summed E-state index contributed by atoms with van der Waals surface area (Å²) in [7, 11) is 0. The van der Waals surface area contributed by atoms with Crippen molar-refractivity contribution < 1.29 is 19.2 Å². The Hall–Kier alpha value is -4.07. The van der Waals surface area contributed by atoms with Gasteiger partial charge in [0.2, 0.25) is 0 Å². The third kappa shape index (κ3) is 3.23. The van der Waals surface area contributed by atoms with Gasteiger partial charge in [0.1, 0.15) is 17.5 Å². The highest BCUT2D eigenvalue weighted by Gasteiger charge is 2.14. The minimum Gasteiger partial charge on any atom is -0.478 e. The second-order valence-electron chi connectivity index (χ2n) is 5.67. The van der Waals surface area contributed by atoms with Crippen LogP contribution in [-0.4, -0.2) is 32.1 Å². The Bertz CT molecular complexity index is 1140. The van der Waals surface area contributed by atoms with Crippen molar-refractivity contribution in [2.24, 2.45) is 0 Å². The maximum Gasteiger partial charge on any atom is 0.335 e. The summed E-state index contributed by atoms with van der Waals surface area (Å²) < 4.78 is 5.38. The molecule has 0 aliphatic heterocycles. The van der Waals surface area contributed by atoms with E-state index in [-0.39, 0.29) is 17.2 Å². The summed E-state index contributed by atoms with van der Waals surface area (Å²) in [5.74, 6) is -0.907. The fourth-order valence-electron chi connectivity index (χ4n) is 2.61. The molecule has 0 aliphatic carbocycles. The fourth-order valence-corrected chi connectivity index (χ4v) is 2.61. The lowest BCUT2D eigenvalue weighted by Crippen LogP contribution is -2.13. The number of aromatic nitrogens is 3. The van der Waals surface area contributed by atoms with E-state index >= 15 is 0 Å². The topological polar surface area (TPSA) is 118 Å². The molecule has 4 aromatic rings. The number of fused-ring (bicyclic) bond motifs is 1. The number of carbonyl (C=O) groups excluding carboxylic acids is 1. The highest BCUT2D eigenvalue weighted by molar-refractivity contribution is 6.03. The molecule has 0 spiro atoms. The summed E-state index contributed by atoms with van der Waals surface area (Å²) in [5.41, 5.74) is 2.27. The maximum atomic E-state index is 12.1. The Labute approximate surface area is 152 Å². The zero-order valence-electron chi connectivity index (χ0n) is 13.8. The smallest absolute Gasteiger partial charge is 0.335 e. The molecule has 0 fully saturated rings. The molecule has 8 nitrogen and oxygen atoms in total. The lowest BCUT2D eigenvalue weighted by atomic mass is 10.1. The van der Waals surface area contributed by atoms with Crippen LogP contribution in [0.25, 0.3) is 22.2 Å². The van der Waals surface area contributed by atoms with Crippen LogP contribution in [0.5, 0.6) is 0 Å². The van der Waals surface area contributed by atoms with Crippen molar-refractivity contribution >= 4 is 28.5 Å². The molecule has 0 unspecified atom stereocenters. The number of benzene rings is 2. The summed E-state index contributed by atoms with van der Waals surface area (Å²) in [5, 5.41) is 16.5. The SMILES string of the molecule is O=C(O)c1ccc2noc(-c3ccc(NC(=O)c4ccncn4)cc3)c2c1. The molecular weight excluding hydrogens is 348 g/mol. The number of carboxylic acid groups (broad SMARTS) is 1. The maximum absolute atomic E-state index is 12.1. The van der Waals surface area contributed by atoms with E-state index in [2.05, 4.69) is 20.4 Å². The van der Waals surface area contributed by atoms with Gasteiger partial charge in [0.25, 0.3) is 5.91 Å². The summed E-state index contributed by atoms with van der Waals surface area (Å²) in [6.07, 6.45) is 2.80. The zero-order valence-corrected chi connectivity index (χ0v) is 13.8. The Kier molecular flexibility index (Phi) is 4.06. The van der Waals surface area contributed by atoms with Crippen molar-refractivity contribution in [3.05, 3.63) is 72.3 Å². The highest BCUT2D eigenvalue weighted by atomic mass is 16.5. The van der Waals surface area contributed by atoms with Gasteiger partial charge in [0.05, 0.1) is 10.9 Å². The van der Waals surface area contributed by atoms with Crippen molar-refractivity contribution in [2.75, 3.05) is 5.32 Å². The molecule has 2 aromatic carbocycles. The molecule has 1 amide bonds. The average Bonchev–Trinajstić information content (AvgIpc) is 3.12. The van der Waals surface area contributed by atoms with Crippen LogP contribution in [0.1, 0.15) is 20.8 Å². The van der Waals surface area contributed by atoms with E-state index in [9.17, 15) is 9.59 Å². The molecule has 132 valence electrons. The second kappa shape index (κ2) is 6.68. The fraction of sp³-hybridized carbons (Fsp3) is 0. The highest BCUT2D eigenvalue weighted by Crippen LogP contribution is 2.30. The summed E-state index contributed by atoms with van der Waals surface area (Å²) in [4.78, 5) is 31.0. The number of anilines is 1. The van der Waals surface area contributed by atoms with Crippen LogP contribution in [0.4, 0.5) is 5.69 Å². The Morgan fingerprint density at radius 1 is 1.04 bits per heavy atom. The van der Waals surface area contributed by atoms with Crippen LogP contribution in [0.2, 0.25) is 0 Å². The number of carboxylic acids is 1. The van der Waals surface area contributed by atoms with Crippen LogP contribution in [0, 0.1) is 0 Å². The summed E-state index contributed by atoms with van der Waals surface area (Å²) >= 11 is 0. The van der Waals surface area contributed by atoms with Gasteiger partial charge in [0, 0.05) is 17.4 Å². The van der Waals surface area contributed by atoms with Gasteiger partial charge in [-0.15, -0.1) is 0 Å². The van der Waals surface area contributed by atoms with Gasteiger partial charge >= 0.3 is 5.97 Å². The van der Waals surface area contributed by atoms with Gasteiger partial charge in [-0.1, -0.05) is 5.16 Å². The first-order chi connectivity index (χ1) is 13.1. The van der Waals surface area contributed by atoms with E-state index in [0.717, 1.165) is 0 Å². The van der Waals surface area contributed by atoms with Crippen molar-refractivity contribution in [1.82, 2.24) is 15.1 Å². The third-order valence-electron chi connectivity index (χ3n) is 3.94. The van der Waals surface area contributed by atoms with Gasteiger partial charge in [0.15, 0.2) is 5.76 Å². The third-order valence-corrected chi connectivity index (χ3v) is 3.94. The van der Waals surface area contributed by atoms with E-state index in [1.807, 2.05) is 0 Å². The molecule has 0 saturated heterocycles. The van der Waals surface area contributed by atoms with E-state index in [0.29, 0.717) is 27.9 Å². The first-order valence-corrected chi connectivity index (χ1v) is 7.92. The lowest BCUT2D eigenvalue weighted by Gasteiger charge is -2.05. The van der Waals surface area contributed by atoms with Gasteiger partial charge in [-0.25, -0.2) is 14.8 Å². The second-order valence-corrected chi connectivity index (χ2v) is 5.67. The molecule has 0 atom stereocenters. The number of hydrogen-bond donors (Lipinski definition) is 2. The lowest BCUT2D eigenvalue weighted by molar-refractivity contribution is 0.0697. The Morgan fingerprint density at radius 2 is 1.85 bits per heavy atom. The van der Waals surface area contributed by atoms with Crippen molar-refractivity contribution in [1.29, 1.82) is 0 Å². The molecule has 0 saturated carbocycles. The number of nitrogens with one attached hydrogen (secondary N) is 1. The standard InChI is InChI=1S/C19H12N4O4/c24-18(16-7-8-20-10-21-16)22-13-4-1-11(2-5-13)17-14-9-12(19(25)26)3-6-15(14)23-27-17/h1-10H,(H,22,24)(H,25,26). The van der Waals surface area contributed by atoms with Crippen molar-refractivity contribution in [3.63, 3.8) is 0 Å². The first kappa shape index (κ1) is 16.4. The number of rotatable bonds is 4. The summed E-state index contributed by atoms with van der Waals surface area (Å²) in [6, 6.07) is 13.0. The average molecular weight is 360 g/mol. The van der Waals surface area contributed by atoms with Crippen LogP contribution in [0.15, 0.2) is 65.6 Å². The quantitative estimate of drug-likeness (QED) is 0.573. The molecule has 0 bridgehead atoms. The van der Waals surface area contributed by atoms with Crippen LogP contribution < -0.4 is 5.32 Å². The first-order valence-electron chi connectivity index (χ1n) is 7.92. The predicted molar refractivity (Wildman–Crippen MR) is 96.4 cm³/mol. The number of hydrogen-bond acceptors (Lipinski definition) is 6. The van der Waals surface area contributed by atoms with Gasteiger partial charge < -0.3 is 14.9 Å².